The summed E-state index contributed by atoms with van der Waals surface area (Å²) in [6.07, 6.45) is 0.770. The zero-order valence-electron chi connectivity index (χ0n) is 17.5. The molecule has 2 heterocycles. The first-order valence-corrected chi connectivity index (χ1v) is 11.7. The van der Waals surface area contributed by atoms with Gasteiger partial charge < -0.3 is 14.8 Å². The van der Waals surface area contributed by atoms with E-state index in [0.717, 1.165) is 23.1 Å². The molecule has 2 unspecified atom stereocenters. The third-order valence-electron chi connectivity index (χ3n) is 5.37. The SMILES string of the molecule is Cc1ccc2c(c1)C(NC(=O)C1CN(S(C)(=O)=O)c3ccccc3O1)CC(C)(C)O2. The lowest BCUT2D eigenvalue weighted by Gasteiger charge is -2.39. The van der Waals surface area contributed by atoms with E-state index in [1.165, 1.54) is 4.31 Å². The summed E-state index contributed by atoms with van der Waals surface area (Å²) >= 11 is 0. The third kappa shape index (κ3) is 3.96. The standard InChI is InChI=1S/C22H26N2O5S/c1-14-9-10-18-15(11-14)16(12-22(2,3)29-18)23-21(25)20-13-24(30(4,26)27)17-7-5-6-8-19(17)28-20/h5-11,16,20H,12-13H2,1-4H3,(H,23,25). The van der Waals surface area contributed by atoms with Crippen LogP contribution in [0.1, 0.15) is 37.4 Å². The van der Waals surface area contributed by atoms with Crippen molar-refractivity contribution in [3.63, 3.8) is 0 Å². The number of nitrogens with one attached hydrogen (secondary N) is 1. The molecule has 0 spiro atoms. The molecule has 7 nitrogen and oxygen atoms in total. The number of rotatable bonds is 3. The van der Waals surface area contributed by atoms with E-state index < -0.39 is 21.7 Å². The highest BCUT2D eigenvalue weighted by Gasteiger charge is 2.39. The maximum absolute atomic E-state index is 13.2. The number of hydrogen-bond donors (Lipinski definition) is 1. The molecule has 0 aromatic heterocycles. The highest BCUT2D eigenvalue weighted by molar-refractivity contribution is 7.92. The number of amides is 1. The van der Waals surface area contributed by atoms with Crippen LogP contribution in [0.25, 0.3) is 0 Å². The van der Waals surface area contributed by atoms with Crippen molar-refractivity contribution in [3.05, 3.63) is 53.6 Å². The van der Waals surface area contributed by atoms with E-state index in [1.807, 2.05) is 39.0 Å². The molecule has 2 atom stereocenters. The Balaban J connectivity index is 1.61. The molecule has 0 aliphatic carbocycles. The molecular weight excluding hydrogens is 404 g/mol. The fourth-order valence-electron chi connectivity index (χ4n) is 4.02. The molecule has 2 aliphatic heterocycles. The first-order chi connectivity index (χ1) is 14.0. The lowest BCUT2D eigenvalue weighted by atomic mass is 9.89. The van der Waals surface area contributed by atoms with E-state index >= 15 is 0 Å². The Labute approximate surface area is 177 Å². The number of carbonyl (C=O) groups excluding carboxylic acids is 1. The maximum atomic E-state index is 13.2. The van der Waals surface area contributed by atoms with Crippen molar-refractivity contribution >= 4 is 21.6 Å². The minimum absolute atomic E-state index is 0.0744. The van der Waals surface area contributed by atoms with Crippen LogP contribution in [0, 0.1) is 6.92 Å². The normalized spacial score (nSPS) is 22.2. The minimum atomic E-state index is -3.56. The third-order valence-corrected chi connectivity index (χ3v) is 6.51. The highest BCUT2D eigenvalue weighted by atomic mass is 32.2. The van der Waals surface area contributed by atoms with Crippen molar-refractivity contribution in [1.82, 2.24) is 5.32 Å². The summed E-state index contributed by atoms with van der Waals surface area (Å²) in [5.74, 6) is 0.765. The number of ether oxygens (including phenoxy) is 2. The zero-order valence-corrected chi connectivity index (χ0v) is 18.3. The molecule has 8 heteroatoms. The number of benzene rings is 2. The van der Waals surface area contributed by atoms with E-state index in [0.29, 0.717) is 17.9 Å². The lowest BCUT2D eigenvalue weighted by Crippen LogP contribution is -2.52. The van der Waals surface area contributed by atoms with Gasteiger partial charge in [-0.1, -0.05) is 29.8 Å². The number of hydrogen-bond acceptors (Lipinski definition) is 5. The second-order valence-corrected chi connectivity index (χ2v) is 10.4. The summed E-state index contributed by atoms with van der Waals surface area (Å²) in [7, 11) is -3.56. The molecule has 1 N–H and O–H groups in total. The van der Waals surface area contributed by atoms with Crippen LogP contribution in [0.3, 0.4) is 0 Å². The summed E-state index contributed by atoms with van der Waals surface area (Å²) in [5.41, 5.74) is 1.98. The molecule has 4 rings (SSSR count). The molecule has 0 bridgehead atoms. The fourth-order valence-corrected chi connectivity index (χ4v) is 4.93. The van der Waals surface area contributed by atoms with Crippen LogP contribution in [0.15, 0.2) is 42.5 Å². The number of anilines is 1. The molecule has 160 valence electrons. The second kappa shape index (κ2) is 7.19. The largest absolute Gasteiger partial charge is 0.487 e. The quantitative estimate of drug-likeness (QED) is 0.809. The van der Waals surface area contributed by atoms with Crippen LogP contribution in [0.4, 0.5) is 5.69 Å². The van der Waals surface area contributed by atoms with Crippen LogP contribution in [0.5, 0.6) is 11.5 Å². The lowest BCUT2D eigenvalue weighted by molar-refractivity contribution is -0.129. The van der Waals surface area contributed by atoms with Crippen molar-refractivity contribution in [2.24, 2.45) is 0 Å². The van der Waals surface area contributed by atoms with Gasteiger partial charge in [0, 0.05) is 12.0 Å². The summed E-state index contributed by atoms with van der Waals surface area (Å²) in [4.78, 5) is 13.2. The van der Waals surface area contributed by atoms with Gasteiger partial charge in [-0.2, -0.15) is 0 Å². The minimum Gasteiger partial charge on any atom is -0.487 e. The van der Waals surface area contributed by atoms with Crippen LogP contribution in [-0.4, -0.2) is 38.8 Å². The molecule has 1 amide bonds. The number of fused-ring (bicyclic) bond motifs is 2. The van der Waals surface area contributed by atoms with Gasteiger partial charge in [0.15, 0.2) is 6.10 Å². The van der Waals surface area contributed by atoms with Gasteiger partial charge in [-0.3, -0.25) is 9.10 Å². The summed E-state index contributed by atoms with van der Waals surface area (Å²) in [6, 6.07) is 12.5. The number of carbonyl (C=O) groups is 1. The highest BCUT2D eigenvalue weighted by Crippen LogP contribution is 2.40. The molecule has 0 saturated heterocycles. The molecule has 0 radical (unpaired) electrons. The molecular formula is C22H26N2O5S. The Kier molecular flexibility index (Phi) is 4.92. The van der Waals surface area contributed by atoms with Gasteiger partial charge in [0.05, 0.1) is 24.5 Å². The van der Waals surface area contributed by atoms with Gasteiger partial charge in [0.25, 0.3) is 5.91 Å². The van der Waals surface area contributed by atoms with Gasteiger partial charge in [-0.05, 0) is 39.0 Å². The van der Waals surface area contributed by atoms with Crippen LogP contribution >= 0.6 is 0 Å². The van der Waals surface area contributed by atoms with Gasteiger partial charge in [-0.15, -0.1) is 0 Å². The van der Waals surface area contributed by atoms with Crippen LogP contribution < -0.4 is 19.1 Å². The Bertz CT molecular complexity index is 1100. The molecule has 2 aromatic rings. The molecule has 0 saturated carbocycles. The molecule has 2 aromatic carbocycles. The van der Waals surface area contributed by atoms with Crippen molar-refractivity contribution in [1.29, 1.82) is 0 Å². The maximum Gasteiger partial charge on any atom is 0.263 e. The molecule has 0 fully saturated rings. The molecule has 2 aliphatic rings. The summed E-state index contributed by atoms with van der Waals surface area (Å²) in [5, 5.41) is 3.07. The first kappa shape index (κ1) is 20.5. The van der Waals surface area contributed by atoms with E-state index in [-0.39, 0.29) is 18.5 Å². The van der Waals surface area contributed by atoms with Gasteiger partial charge in [0.2, 0.25) is 10.0 Å². The van der Waals surface area contributed by atoms with Crippen LogP contribution in [0.2, 0.25) is 0 Å². The smallest absolute Gasteiger partial charge is 0.263 e. The number of sulfonamides is 1. The predicted molar refractivity (Wildman–Crippen MR) is 114 cm³/mol. The predicted octanol–water partition coefficient (Wildman–Crippen LogP) is 2.94. The van der Waals surface area contributed by atoms with Gasteiger partial charge in [0.1, 0.15) is 17.1 Å². The Hall–Kier alpha value is -2.74. The Morgan fingerprint density at radius 3 is 2.63 bits per heavy atom. The average molecular weight is 431 g/mol. The van der Waals surface area contributed by atoms with Crippen molar-refractivity contribution < 1.29 is 22.7 Å². The zero-order chi connectivity index (χ0) is 21.7. The van der Waals surface area contributed by atoms with E-state index in [2.05, 4.69) is 5.32 Å². The Morgan fingerprint density at radius 1 is 1.17 bits per heavy atom. The van der Waals surface area contributed by atoms with Gasteiger partial charge in [-0.25, -0.2) is 8.42 Å². The van der Waals surface area contributed by atoms with Crippen molar-refractivity contribution in [2.75, 3.05) is 17.1 Å². The van der Waals surface area contributed by atoms with Gasteiger partial charge >= 0.3 is 0 Å². The fraction of sp³-hybridized carbons (Fsp3) is 0.409. The second-order valence-electron chi connectivity index (χ2n) is 8.54. The van der Waals surface area contributed by atoms with E-state index in [4.69, 9.17) is 9.47 Å². The number of aryl methyl sites for hydroxylation is 1. The average Bonchev–Trinajstić information content (AvgIpc) is 2.66. The Morgan fingerprint density at radius 2 is 1.90 bits per heavy atom. The summed E-state index contributed by atoms with van der Waals surface area (Å²) in [6.45, 7) is 5.88. The van der Waals surface area contributed by atoms with E-state index in [9.17, 15) is 13.2 Å². The number of para-hydroxylation sites is 2. The van der Waals surface area contributed by atoms with Crippen molar-refractivity contribution in [2.45, 2.75) is 44.9 Å². The first-order valence-electron chi connectivity index (χ1n) is 9.87. The van der Waals surface area contributed by atoms with Crippen molar-refractivity contribution in [3.8, 4) is 11.5 Å². The monoisotopic (exact) mass is 430 g/mol. The summed E-state index contributed by atoms with van der Waals surface area (Å²) < 4.78 is 37.8. The van der Waals surface area contributed by atoms with E-state index in [1.54, 1.807) is 24.3 Å². The van der Waals surface area contributed by atoms with Crippen LogP contribution in [-0.2, 0) is 14.8 Å². The molecule has 30 heavy (non-hydrogen) atoms. The topological polar surface area (TPSA) is 84.9 Å². The number of nitrogens with zero attached hydrogens (tertiary/aromatic N) is 1.